The molecule has 0 aliphatic rings. The van der Waals surface area contributed by atoms with E-state index in [9.17, 15) is 19.8 Å². The Morgan fingerprint density at radius 1 is 1.32 bits per heavy atom. The maximum absolute atomic E-state index is 12.3. The standard InChI is InChI=1S/C13H17NO5/c1-8(2)14(7-11(16)19-3)13(18)9-5-4-6-10(15)12(9)17/h4-6,8,15,17H,7H2,1-3H3. The van der Waals surface area contributed by atoms with Gasteiger partial charge in [0.25, 0.3) is 5.91 Å². The van der Waals surface area contributed by atoms with E-state index in [1.54, 1.807) is 13.8 Å². The number of aromatic hydroxyl groups is 2. The van der Waals surface area contributed by atoms with Crippen LogP contribution in [0.3, 0.4) is 0 Å². The Morgan fingerprint density at radius 2 is 1.95 bits per heavy atom. The Morgan fingerprint density at radius 3 is 2.47 bits per heavy atom. The van der Waals surface area contributed by atoms with Gasteiger partial charge in [0.05, 0.1) is 12.7 Å². The Kier molecular flexibility index (Phi) is 4.74. The van der Waals surface area contributed by atoms with Crippen LogP contribution in [0, 0.1) is 0 Å². The molecule has 1 aromatic carbocycles. The van der Waals surface area contributed by atoms with Gasteiger partial charge in [0.1, 0.15) is 6.54 Å². The number of carbonyl (C=O) groups is 2. The van der Waals surface area contributed by atoms with E-state index in [1.807, 2.05) is 0 Å². The summed E-state index contributed by atoms with van der Waals surface area (Å²) in [5.41, 5.74) is -0.0578. The molecule has 0 aliphatic heterocycles. The van der Waals surface area contributed by atoms with Crippen LogP contribution in [0.15, 0.2) is 18.2 Å². The molecule has 0 spiro atoms. The molecule has 0 unspecified atom stereocenters. The maximum Gasteiger partial charge on any atom is 0.325 e. The van der Waals surface area contributed by atoms with Crippen molar-refractivity contribution in [2.75, 3.05) is 13.7 Å². The fourth-order valence-corrected chi connectivity index (χ4v) is 1.55. The van der Waals surface area contributed by atoms with Crippen LogP contribution in [-0.2, 0) is 9.53 Å². The summed E-state index contributed by atoms with van der Waals surface area (Å²) in [5.74, 6) is -1.98. The number of hydrogen-bond donors (Lipinski definition) is 2. The van der Waals surface area contributed by atoms with Crippen molar-refractivity contribution in [2.24, 2.45) is 0 Å². The molecule has 1 aromatic rings. The molecule has 0 fully saturated rings. The molecular weight excluding hydrogens is 250 g/mol. The Bertz CT molecular complexity index is 484. The van der Waals surface area contributed by atoms with Gasteiger partial charge in [0, 0.05) is 6.04 Å². The number of amides is 1. The van der Waals surface area contributed by atoms with Crippen molar-refractivity contribution in [3.63, 3.8) is 0 Å². The van der Waals surface area contributed by atoms with E-state index in [4.69, 9.17) is 0 Å². The number of phenols is 2. The number of methoxy groups -OCH3 is 1. The van der Waals surface area contributed by atoms with Gasteiger partial charge in [-0.3, -0.25) is 9.59 Å². The molecule has 0 aromatic heterocycles. The number of hydrogen-bond acceptors (Lipinski definition) is 5. The Hall–Kier alpha value is -2.24. The smallest absolute Gasteiger partial charge is 0.325 e. The van der Waals surface area contributed by atoms with Gasteiger partial charge in [-0.2, -0.15) is 0 Å². The fraction of sp³-hybridized carbons (Fsp3) is 0.385. The second kappa shape index (κ2) is 6.08. The highest BCUT2D eigenvalue weighted by Crippen LogP contribution is 2.29. The molecule has 2 N–H and O–H groups in total. The molecule has 0 atom stereocenters. The lowest BCUT2D eigenvalue weighted by atomic mass is 10.1. The molecule has 6 heteroatoms. The van der Waals surface area contributed by atoms with Crippen molar-refractivity contribution in [3.05, 3.63) is 23.8 Å². The zero-order valence-corrected chi connectivity index (χ0v) is 11.1. The zero-order chi connectivity index (χ0) is 14.6. The summed E-state index contributed by atoms with van der Waals surface area (Å²) in [6, 6.07) is 3.84. The van der Waals surface area contributed by atoms with E-state index >= 15 is 0 Å². The van der Waals surface area contributed by atoms with E-state index in [-0.39, 0.29) is 23.9 Å². The first kappa shape index (κ1) is 14.8. The van der Waals surface area contributed by atoms with Crippen LogP contribution in [0.2, 0.25) is 0 Å². The average Bonchev–Trinajstić information content (AvgIpc) is 2.37. The maximum atomic E-state index is 12.3. The minimum Gasteiger partial charge on any atom is -0.504 e. The van der Waals surface area contributed by atoms with E-state index in [0.29, 0.717) is 0 Å². The number of esters is 1. The van der Waals surface area contributed by atoms with Crippen LogP contribution in [0.25, 0.3) is 0 Å². The SMILES string of the molecule is COC(=O)CN(C(=O)c1cccc(O)c1O)C(C)C. The number of benzene rings is 1. The minimum absolute atomic E-state index is 0.0578. The number of carbonyl (C=O) groups excluding carboxylic acids is 2. The second-order valence-electron chi connectivity index (χ2n) is 4.28. The Labute approximate surface area is 111 Å². The van der Waals surface area contributed by atoms with Gasteiger partial charge in [-0.1, -0.05) is 6.07 Å². The van der Waals surface area contributed by atoms with Gasteiger partial charge in [-0.25, -0.2) is 0 Å². The molecular formula is C13H17NO5. The predicted molar refractivity (Wildman–Crippen MR) is 68.0 cm³/mol. The summed E-state index contributed by atoms with van der Waals surface area (Å²) in [5, 5.41) is 19.1. The quantitative estimate of drug-likeness (QED) is 0.630. The normalized spacial score (nSPS) is 10.3. The summed E-state index contributed by atoms with van der Waals surface area (Å²) in [6.45, 7) is 3.25. The van der Waals surface area contributed by atoms with Gasteiger partial charge < -0.3 is 19.8 Å². The molecule has 19 heavy (non-hydrogen) atoms. The van der Waals surface area contributed by atoms with Gasteiger partial charge >= 0.3 is 5.97 Å². The number of phenolic OH excluding ortho intramolecular Hbond substituents is 2. The van der Waals surface area contributed by atoms with Crippen molar-refractivity contribution in [3.8, 4) is 11.5 Å². The highest BCUT2D eigenvalue weighted by atomic mass is 16.5. The largest absolute Gasteiger partial charge is 0.504 e. The number of nitrogens with zero attached hydrogens (tertiary/aromatic N) is 1. The first-order valence-corrected chi connectivity index (χ1v) is 5.77. The van der Waals surface area contributed by atoms with Gasteiger partial charge in [-0.05, 0) is 26.0 Å². The molecule has 0 saturated heterocycles. The molecule has 0 bridgehead atoms. The molecule has 0 radical (unpaired) electrons. The Balaban J connectivity index is 3.06. The third-order valence-corrected chi connectivity index (χ3v) is 2.66. The summed E-state index contributed by atoms with van der Waals surface area (Å²) < 4.78 is 4.53. The number of rotatable bonds is 4. The topological polar surface area (TPSA) is 87.1 Å². The highest BCUT2D eigenvalue weighted by Gasteiger charge is 2.24. The van der Waals surface area contributed by atoms with Crippen molar-refractivity contribution >= 4 is 11.9 Å². The summed E-state index contributed by atoms with van der Waals surface area (Å²) >= 11 is 0. The predicted octanol–water partition coefficient (Wildman–Crippen LogP) is 1.12. The van der Waals surface area contributed by atoms with Crippen LogP contribution in [0.1, 0.15) is 24.2 Å². The lowest BCUT2D eigenvalue weighted by Gasteiger charge is -2.25. The first-order chi connectivity index (χ1) is 8.88. The van der Waals surface area contributed by atoms with E-state index in [0.717, 1.165) is 0 Å². The van der Waals surface area contributed by atoms with Crippen LogP contribution >= 0.6 is 0 Å². The van der Waals surface area contributed by atoms with Crippen LogP contribution in [-0.4, -0.2) is 46.7 Å². The summed E-state index contributed by atoms with van der Waals surface area (Å²) in [4.78, 5) is 24.8. The van der Waals surface area contributed by atoms with Gasteiger partial charge in [-0.15, -0.1) is 0 Å². The third-order valence-electron chi connectivity index (χ3n) is 2.66. The van der Waals surface area contributed by atoms with Crippen LogP contribution in [0.5, 0.6) is 11.5 Å². The lowest BCUT2D eigenvalue weighted by Crippen LogP contribution is -2.41. The molecule has 0 aliphatic carbocycles. The molecule has 1 rings (SSSR count). The van der Waals surface area contributed by atoms with Crippen molar-refractivity contribution in [1.29, 1.82) is 0 Å². The van der Waals surface area contributed by atoms with E-state index < -0.39 is 17.6 Å². The second-order valence-corrected chi connectivity index (χ2v) is 4.28. The zero-order valence-electron chi connectivity index (χ0n) is 11.1. The molecule has 1 amide bonds. The number of para-hydroxylation sites is 1. The highest BCUT2D eigenvalue weighted by molar-refractivity contribution is 5.99. The van der Waals surface area contributed by atoms with Gasteiger partial charge in [0.2, 0.25) is 0 Å². The monoisotopic (exact) mass is 267 g/mol. The molecule has 0 heterocycles. The first-order valence-electron chi connectivity index (χ1n) is 5.77. The van der Waals surface area contributed by atoms with Gasteiger partial charge in [0.15, 0.2) is 11.5 Å². The minimum atomic E-state index is -0.554. The third kappa shape index (κ3) is 3.37. The summed E-state index contributed by atoms with van der Waals surface area (Å²) in [7, 11) is 1.23. The summed E-state index contributed by atoms with van der Waals surface area (Å²) in [6.07, 6.45) is 0. The van der Waals surface area contributed by atoms with Crippen molar-refractivity contribution in [2.45, 2.75) is 19.9 Å². The van der Waals surface area contributed by atoms with Crippen LogP contribution in [0.4, 0.5) is 0 Å². The van der Waals surface area contributed by atoms with Crippen molar-refractivity contribution < 1.29 is 24.5 Å². The number of ether oxygens (including phenoxy) is 1. The molecule has 104 valence electrons. The fourth-order valence-electron chi connectivity index (χ4n) is 1.55. The molecule has 0 saturated carbocycles. The van der Waals surface area contributed by atoms with Crippen molar-refractivity contribution in [1.82, 2.24) is 4.90 Å². The lowest BCUT2D eigenvalue weighted by molar-refractivity contribution is -0.141. The van der Waals surface area contributed by atoms with E-state index in [2.05, 4.69) is 4.74 Å². The average molecular weight is 267 g/mol. The van der Waals surface area contributed by atoms with E-state index in [1.165, 1.54) is 30.2 Å². The van der Waals surface area contributed by atoms with Crippen LogP contribution < -0.4 is 0 Å². The molecule has 6 nitrogen and oxygen atoms in total.